The molecule has 1 atom stereocenters. The number of aromatic nitrogens is 1. The molecule has 33 heavy (non-hydrogen) atoms. The maximum Gasteiger partial charge on any atom is 0.290 e. The number of carbonyl (C=O) groups is 2. The Morgan fingerprint density at radius 2 is 1.82 bits per heavy atom. The van der Waals surface area contributed by atoms with Crippen molar-refractivity contribution < 1.29 is 14.7 Å². The van der Waals surface area contributed by atoms with Gasteiger partial charge in [-0.1, -0.05) is 54.1 Å². The lowest BCUT2D eigenvalue weighted by Gasteiger charge is -2.28. The fourth-order valence-electron chi connectivity index (χ4n) is 3.85. The first kappa shape index (κ1) is 23.2. The molecule has 2 heterocycles. The van der Waals surface area contributed by atoms with Crippen LogP contribution in [-0.2, 0) is 4.79 Å². The third kappa shape index (κ3) is 4.57. The molecule has 170 valence electrons. The van der Waals surface area contributed by atoms with E-state index in [1.807, 2.05) is 49.3 Å². The number of likely N-dealkylation sites (N-methyl/N-ethyl adjacent to an activating group) is 1. The molecule has 4 rings (SSSR count). The average Bonchev–Trinajstić information content (AvgIpc) is 3.31. The molecular weight excluding hydrogens is 458 g/mol. The SMILES string of the molecule is Cc1nc(-c2ccccc2)sc1C(=O)C1=C(O)C(=O)N(CCN(C)C)[C@@H]1c1ccc(Cl)cc1. The zero-order valence-corrected chi connectivity index (χ0v) is 20.2. The molecule has 8 heteroatoms. The summed E-state index contributed by atoms with van der Waals surface area (Å²) in [5.41, 5.74) is 2.27. The molecule has 0 spiro atoms. The largest absolute Gasteiger partial charge is 0.503 e. The first-order valence-corrected chi connectivity index (χ1v) is 11.7. The van der Waals surface area contributed by atoms with Gasteiger partial charge in [-0.15, -0.1) is 11.3 Å². The average molecular weight is 482 g/mol. The van der Waals surface area contributed by atoms with Gasteiger partial charge in [-0.3, -0.25) is 9.59 Å². The molecule has 0 saturated heterocycles. The Hall–Kier alpha value is -3.00. The normalized spacial score (nSPS) is 16.2. The number of hydrogen-bond donors (Lipinski definition) is 1. The fourth-order valence-corrected chi connectivity index (χ4v) is 5.00. The van der Waals surface area contributed by atoms with Gasteiger partial charge in [-0.2, -0.15) is 0 Å². The van der Waals surface area contributed by atoms with Crippen LogP contribution in [0, 0.1) is 6.92 Å². The third-order valence-corrected chi connectivity index (χ3v) is 7.00. The van der Waals surface area contributed by atoms with Crippen molar-refractivity contribution in [1.82, 2.24) is 14.8 Å². The Bertz CT molecular complexity index is 1220. The third-order valence-electron chi connectivity index (χ3n) is 5.55. The maximum atomic E-state index is 13.7. The molecule has 1 amide bonds. The Morgan fingerprint density at radius 3 is 2.45 bits per heavy atom. The molecular formula is C25H24ClN3O3S. The van der Waals surface area contributed by atoms with Gasteiger partial charge in [0, 0.05) is 23.7 Å². The molecule has 3 aromatic rings. The number of ketones is 1. The molecule has 6 nitrogen and oxygen atoms in total. The van der Waals surface area contributed by atoms with Gasteiger partial charge >= 0.3 is 0 Å². The molecule has 0 unspecified atom stereocenters. The maximum absolute atomic E-state index is 13.7. The van der Waals surface area contributed by atoms with Crippen LogP contribution >= 0.6 is 22.9 Å². The van der Waals surface area contributed by atoms with Crippen LogP contribution in [0.25, 0.3) is 10.6 Å². The number of thiazole rings is 1. The molecule has 0 aliphatic carbocycles. The van der Waals surface area contributed by atoms with Crippen LogP contribution in [0.4, 0.5) is 0 Å². The quantitative estimate of drug-likeness (QED) is 0.485. The van der Waals surface area contributed by atoms with Gasteiger partial charge in [0.1, 0.15) is 5.01 Å². The summed E-state index contributed by atoms with van der Waals surface area (Å²) in [6.07, 6.45) is 0. The lowest BCUT2D eigenvalue weighted by Crippen LogP contribution is -2.36. The number of nitrogens with zero attached hydrogens (tertiary/aromatic N) is 3. The van der Waals surface area contributed by atoms with Crippen LogP contribution in [-0.4, -0.2) is 58.8 Å². The Morgan fingerprint density at radius 1 is 1.15 bits per heavy atom. The summed E-state index contributed by atoms with van der Waals surface area (Å²) in [4.78, 5) is 35.3. The van der Waals surface area contributed by atoms with E-state index in [0.717, 1.165) is 5.56 Å². The first-order valence-electron chi connectivity index (χ1n) is 10.5. The standard InChI is InChI=1S/C25H24ClN3O3S/c1-15-23(33-24(27-15)17-7-5-4-6-8-17)21(30)19-20(16-9-11-18(26)12-10-16)29(14-13-28(2)3)25(32)22(19)31/h4-12,20,31H,13-14H2,1-3H3/t20-/m1/s1. The molecule has 2 aromatic carbocycles. The molecule has 1 aliphatic rings. The summed E-state index contributed by atoms with van der Waals surface area (Å²) in [5.74, 6) is -1.44. The predicted octanol–water partition coefficient (Wildman–Crippen LogP) is 4.91. The number of carbonyl (C=O) groups excluding carboxylic acids is 2. The van der Waals surface area contributed by atoms with E-state index in [-0.39, 0.29) is 11.4 Å². The highest BCUT2D eigenvalue weighted by molar-refractivity contribution is 7.17. The van der Waals surface area contributed by atoms with E-state index in [4.69, 9.17) is 11.6 Å². The number of rotatable bonds is 7. The topological polar surface area (TPSA) is 73.7 Å². The second-order valence-electron chi connectivity index (χ2n) is 8.15. The van der Waals surface area contributed by atoms with Crippen molar-refractivity contribution in [2.24, 2.45) is 0 Å². The lowest BCUT2D eigenvalue weighted by atomic mass is 9.95. The van der Waals surface area contributed by atoms with E-state index in [9.17, 15) is 14.7 Å². The van der Waals surface area contributed by atoms with Crippen molar-refractivity contribution in [3.8, 4) is 10.6 Å². The number of amides is 1. The van der Waals surface area contributed by atoms with Crippen molar-refractivity contribution in [2.75, 3.05) is 27.2 Å². The van der Waals surface area contributed by atoms with Gasteiger partial charge in [0.2, 0.25) is 5.78 Å². The molecule has 1 aromatic heterocycles. The van der Waals surface area contributed by atoms with Gasteiger partial charge in [0.05, 0.1) is 22.2 Å². The van der Waals surface area contributed by atoms with E-state index < -0.39 is 17.7 Å². The predicted molar refractivity (Wildman–Crippen MR) is 131 cm³/mol. The Balaban J connectivity index is 1.77. The number of halogens is 1. The van der Waals surface area contributed by atoms with Crippen LogP contribution in [0.2, 0.25) is 5.02 Å². The number of benzene rings is 2. The second-order valence-corrected chi connectivity index (χ2v) is 9.58. The smallest absolute Gasteiger partial charge is 0.290 e. The van der Waals surface area contributed by atoms with Crippen molar-refractivity contribution in [1.29, 1.82) is 0 Å². The summed E-state index contributed by atoms with van der Waals surface area (Å²) in [5, 5.41) is 12.1. The highest BCUT2D eigenvalue weighted by atomic mass is 35.5. The Labute approximate surface area is 201 Å². The molecule has 1 aliphatic heterocycles. The van der Waals surface area contributed by atoms with E-state index in [1.165, 1.54) is 11.3 Å². The van der Waals surface area contributed by atoms with E-state index in [2.05, 4.69) is 4.98 Å². The lowest BCUT2D eigenvalue weighted by molar-refractivity contribution is -0.129. The van der Waals surface area contributed by atoms with Crippen LogP contribution in [0.5, 0.6) is 0 Å². The number of Topliss-reactive ketones (excluding diaryl/α,β-unsaturated/α-hetero) is 1. The van der Waals surface area contributed by atoms with Crippen molar-refractivity contribution in [3.05, 3.63) is 87.1 Å². The number of aryl methyl sites for hydroxylation is 1. The highest BCUT2D eigenvalue weighted by Crippen LogP contribution is 2.41. The van der Waals surface area contributed by atoms with E-state index >= 15 is 0 Å². The van der Waals surface area contributed by atoms with Crippen molar-refractivity contribution in [2.45, 2.75) is 13.0 Å². The number of hydrogen-bond acceptors (Lipinski definition) is 6. The zero-order valence-electron chi connectivity index (χ0n) is 18.6. The number of aliphatic hydroxyl groups excluding tert-OH is 1. The molecule has 1 N–H and O–H groups in total. The zero-order chi connectivity index (χ0) is 23.7. The van der Waals surface area contributed by atoms with E-state index in [0.29, 0.717) is 39.3 Å². The minimum absolute atomic E-state index is 0.0763. The minimum Gasteiger partial charge on any atom is -0.503 e. The summed E-state index contributed by atoms with van der Waals surface area (Å²) >= 11 is 7.33. The molecule has 0 saturated carbocycles. The van der Waals surface area contributed by atoms with Crippen molar-refractivity contribution >= 4 is 34.6 Å². The molecule has 0 radical (unpaired) electrons. The van der Waals surface area contributed by atoms with Gasteiger partial charge in [-0.05, 0) is 38.7 Å². The summed E-state index contributed by atoms with van der Waals surface area (Å²) in [7, 11) is 3.81. The van der Waals surface area contributed by atoms with Crippen molar-refractivity contribution in [3.63, 3.8) is 0 Å². The summed E-state index contributed by atoms with van der Waals surface area (Å²) < 4.78 is 0. The fraction of sp³-hybridized carbons (Fsp3) is 0.240. The summed E-state index contributed by atoms with van der Waals surface area (Å²) in [6.45, 7) is 2.71. The van der Waals surface area contributed by atoms with Crippen LogP contribution in [0.15, 0.2) is 65.9 Å². The molecule has 0 bridgehead atoms. The van der Waals surface area contributed by atoms with Crippen LogP contribution in [0.3, 0.4) is 0 Å². The first-order chi connectivity index (χ1) is 15.8. The monoisotopic (exact) mass is 481 g/mol. The summed E-state index contributed by atoms with van der Waals surface area (Å²) in [6, 6.07) is 15.9. The minimum atomic E-state index is -0.705. The van der Waals surface area contributed by atoms with Gasteiger partial charge < -0.3 is 14.9 Å². The van der Waals surface area contributed by atoms with Gasteiger partial charge in [-0.25, -0.2) is 4.98 Å². The second kappa shape index (κ2) is 9.47. The Kier molecular flexibility index (Phi) is 6.65. The molecule has 0 fully saturated rings. The van der Waals surface area contributed by atoms with Gasteiger partial charge in [0.25, 0.3) is 5.91 Å². The van der Waals surface area contributed by atoms with Gasteiger partial charge in [0.15, 0.2) is 5.76 Å². The van der Waals surface area contributed by atoms with Crippen LogP contribution in [0.1, 0.15) is 27.0 Å². The van der Waals surface area contributed by atoms with E-state index in [1.54, 1.807) is 36.1 Å². The van der Waals surface area contributed by atoms with Crippen LogP contribution < -0.4 is 0 Å². The number of aliphatic hydroxyl groups is 1. The highest BCUT2D eigenvalue weighted by Gasteiger charge is 2.44.